The summed E-state index contributed by atoms with van der Waals surface area (Å²) in [7, 11) is 2.97. The van der Waals surface area contributed by atoms with Crippen molar-refractivity contribution in [3.63, 3.8) is 0 Å². The predicted octanol–water partition coefficient (Wildman–Crippen LogP) is 1.10. The number of carbonyl (C=O) groups is 3. The van der Waals surface area contributed by atoms with E-state index in [-0.39, 0.29) is 42.3 Å². The molecule has 5 rings (SSSR count). The molecule has 3 aliphatic carbocycles. The second-order valence-electron chi connectivity index (χ2n) is 11.9. The van der Waals surface area contributed by atoms with E-state index in [0.717, 1.165) is 0 Å². The topological polar surface area (TPSA) is 215 Å². The highest BCUT2D eigenvalue weighted by Gasteiger charge is 2.71. The molecule has 0 spiro atoms. The number of aliphatic hydroxyl groups is 3. The minimum absolute atomic E-state index is 0.0256. The number of fused-ring (bicyclic) bond motifs is 3. The number of ether oxygens (including phenoxy) is 1. The van der Waals surface area contributed by atoms with E-state index >= 15 is 0 Å². The first-order chi connectivity index (χ1) is 20.8. The summed E-state index contributed by atoms with van der Waals surface area (Å²) in [5, 5.41) is 52.4. The summed E-state index contributed by atoms with van der Waals surface area (Å²) in [6.45, 7) is 7.24. The molecule has 1 aromatic carbocycles. The largest absolute Gasteiger partial charge is 0.510 e. The standard InChI is InChI=1S/C30H37N5O9/c1-5-15-10-17(13-32-28(41)35-6-8-44-9-7-35)18-11-16-12-29(42)25(34(3)4)24(38)19(27(31)40)14(2)30(29,33-43)26(39)20(16)23(37)21(18)22(15)36/h10,16,25,36,38-39,42H,2,5-9,11-13H2,1,3-4H3,(H2,31,40)(H,32,41)/t16?,25?,29-,30-/m1/s1. The Morgan fingerprint density at radius 1 is 1.23 bits per heavy atom. The Kier molecular flexibility index (Phi) is 7.81. The van der Waals surface area contributed by atoms with Crippen LogP contribution in [-0.2, 0) is 28.9 Å². The molecule has 2 unspecified atom stereocenters. The second-order valence-corrected chi connectivity index (χ2v) is 11.9. The van der Waals surface area contributed by atoms with Crippen LogP contribution in [0.15, 0.2) is 46.1 Å². The van der Waals surface area contributed by atoms with Gasteiger partial charge in [-0.25, -0.2) is 4.79 Å². The quantitative estimate of drug-likeness (QED) is 0.252. The van der Waals surface area contributed by atoms with Gasteiger partial charge in [0.1, 0.15) is 28.9 Å². The van der Waals surface area contributed by atoms with Gasteiger partial charge >= 0.3 is 6.03 Å². The molecule has 14 heteroatoms. The van der Waals surface area contributed by atoms with Crippen LogP contribution in [0.3, 0.4) is 0 Å². The van der Waals surface area contributed by atoms with Gasteiger partial charge < -0.3 is 41.1 Å². The average Bonchev–Trinajstić information content (AvgIpc) is 2.96. The van der Waals surface area contributed by atoms with E-state index in [2.05, 4.69) is 17.1 Å². The zero-order valence-corrected chi connectivity index (χ0v) is 24.8. The number of nitrogens with one attached hydrogen (secondary N) is 1. The molecular weight excluding hydrogens is 574 g/mol. The number of hydrogen-bond acceptors (Lipinski definition) is 11. The van der Waals surface area contributed by atoms with Gasteiger partial charge in [-0.2, -0.15) is 0 Å². The predicted molar refractivity (Wildman–Crippen MR) is 157 cm³/mol. The first kappa shape index (κ1) is 31.2. The minimum Gasteiger partial charge on any atom is -0.510 e. The number of aryl methyl sites for hydroxylation is 1. The van der Waals surface area contributed by atoms with Crippen LogP contribution in [-0.4, -0.2) is 106 Å². The summed E-state index contributed by atoms with van der Waals surface area (Å²) in [4.78, 5) is 55.2. The lowest BCUT2D eigenvalue weighted by atomic mass is 9.53. The molecule has 14 nitrogen and oxygen atoms in total. The Balaban J connectivity index is 1.66. The first-order valence-corrected chi connectivity index (χ1v) is 14.4. The van der Waals surface area contributed by atoms with Crippen LogP contribution in [0.5, 0.6) is 5.75 Å². The molecular formula is C30H37N5O9. The number of aliphatic hydroxyl groups excluding tert-OH is 2. The lowest BCUT2D eigenvalue weighted by Crippen LogP contribution is -2.71. The molecule has 44 heavy (non-hydrogen) atoms. The molecule has 7 N–H and O–H groups in total. The fourth-order valence-electron chi connectivity index (χ4n) is 7.39. The Labute approximate surface area is 253 Å². The molecule has 0 saturated carbocycles. The first-order valence-electron chi connectivity index (χ1n) is 14.4. The third kappa shape index (κ3) is 4.23. The number of hydrogen-bond donors (Lipinski definition) is 6. The number of rotatable bonds is 6. The van der Waals surface area contributed by atoms with E-state index in [0.29, 0.717) is 49.4 Å². The number of morpholine rings is 1. The number of allylic oxidation sites excluding steroid dienone is 1. The summed E-state index contributed by atoms with van der Waals surface area (Å²) in [6, 6.07) is -0.0515. The zero-order valence-electron chi connectivity index (χ0n) is 24.8. The normalized spacial score (nSPS) is 28.4. The zero-order chi connectivity index (χ0) is 32.3. The number of benzene rings is 1. The molecule has 4 atom stereocenters. The molecule has 0 radical (unpaired) electrons. The number of likely N-dealkylation sites (N-methyl/N-ethyl adjacent to an activating group) is 1. The Hall–Kier alpha value is -4.27. The third-order valence-corrected chi connectivity index (χ3v) is 9.41. The van der Waals surface area contributed by atoms with Crippen LogP contribution in [0.1, 0.15) is 40.4 Å². The summed E-state index contributed by atoms with van der Waals surface area (Å²) in [5.74, 6) is -4.74. The number of carbonyl (C=O) groups excluding carboxylic acids is 3. The highest BCUT2D eigenvalue weighted by atomic mass is 16.5. The van der Waals surface area contributed by atoms with E-state index in [9.17, 15) is 39.7 Å². The van der Waals surface area contributed by atoms with Gasteiger partial charge in [0.25, 0.3) is 5.91 Å². The Morgan fingerprint density at radius 2 is 1.89 bits per heavy atom. The van der Waals surface area contributed by atoms with Crippen LogP contribution in [0.4, 0.5) is 4.79 Å². The molecule has 1 aromatic rings. The van der Waals surface area contributed by atoms with Gasteiger partial charge in [0.15, 0.2) is 5.78 Å². The van der Waals surface area contributed by atoms with E-state index in [1.807, 2.05) is 0 Å². The van der Waals surface area contributed by atoms with Crippen molar-refractivity contribution in [2.24, 2.45) is 16.8 Å². The van der Waals surface area contributed by atoms with E-state index in [1.165, 1.54) is 19.0 Å². The van der Waals surface area contributed by atoms with Gasteiger partial charge in [0.05, 0.1) is 24.4 Å². The number of nitroso groups, excluding NO2 is 1. The molecule has 1 heterocycles. The van der Waals surface area contributed by atoms with Crippen molar-refractivity contribution in [2.75, 3.05) is 40.4 Å². The summed E-state index contributed by atoms with van der Waals surface area (Å²) in [6.07, 6.45) is 0.00710. The maximum atomic E-state index is 14.2. The Morgan fingerprint density at radius 3 is 2.45 bits per heavy atom. The second kappa shape index (κ2) is 11.0. The fraction of sp³-hybridized carbons (Fsp3) is 0.500. The number of Topliss-reactive ketones (excluding diaryl/α,β-unsaturated/α-hetero) is 1. The molecule has 1 fully saturated rings. The lowest BCUT2D eigenvalue weighted by Gasteiger charge is -2.56. The van der Waals surface area contributed by atoms with Gasteiger partial charge in [-0.3, -0.25) is 14.5 Å². The summed E-state index contributed by atoms with van der Waals surface area (Å²) in [5.41, 5.74) is 0.426. The fourth-order valence-corrected chi connectivity index (χ4v) is 7.39. The molecule has 4 aliphatic rings. The third-order valence-electron chi connectivity index (χ3n) is 9.41. The number of primary amides is 1. The molecule has 3 amide bonds. The van der Waals surface area contributed by atoms with Crippen molar-refractivity contribution in [3.05, 3.63) is 68.0 Å². The molecule has 1 aliphatic heterocycles. The monoisotopic (exact) mass is 611 g/mol. The highest BCUT2D eigenvalue weighted by molar-refractivity contribution is 6.14. The maximum absolute atomic E-state index is 14.2. The number of ketones is 1. The SMILES string of the molecule is C=C1C(C(N)=O)=C(O)C(N(C)C)[C@]2(O)CC3Cc4c(CNC(=O)N5CCOCC5)cc(CC)c(O)c4C(=O)C3=C(O)[C@]12N=O. The number of nitrogens with two attached hydrogens (primary N) is 1. The molecule has 0 bridgehead atoms. The maximum Gasteiger partial charge on any atom is 0.317 e. The van der Waals surface area contributed by atoms with Crippen molar-refractivity contribution in [3.8, 4) is 5.75 Å². The van der Waals surface area contributed by atoms with E-state index in [4.69, 9.17) is 10.5 Å². The molecule has 1 saturated heterocycles. The summed E-state index contributed by atoms with van der Waals surface area (Å²) >= 11 is 0. The highest BCUT2D eigenvalue weighted by Crippen LogP contribution is 2.59. The summed E-state index contributed by atoms with van der Waals surface area (Å²) < 4.78 is 5.31. The van der Waals surface area contributed by atoms with Crippen LogP contribution < -0.4 is 11.1 Å². The minimum atomic E-state index is -2.65. The lowest BCUT2D eigenvalue weighted by molar-refractivity contribution is -0.118. The van der Waals surface area contributed by atoms with Gasteiger partial charge in [-0.1, -0.05) is 19.6 Å². The van der Waals surface area contributed by atoms with Crippen molar-refractivity contribution >= 4 is 17.7 Å². The van der Waals surface area contributed by atoms with Gasteiger partial charge in [-0.15, -0.1) is 4.91 Å². The van der Waals surface area contributed by atoms with Crippen molar-refractivity contribution < 1.29 is 39.5 Å². The number of aromatic hydroxyl groups is 1. The van der Waals surface area contributed by atoms with Crippen molar-refractivity contribution in [1.29, 1.82) is 0 Å². The van der Waals surface area contributed by atoms with Gasteiger partial charge in [0.2, 0.25) is 5.54 Å². The van der Waals surface area contributed by atoms with Crippen molar-refractivity contribution in [1.82, 2.24) is 15.1 Å². The van der Waals surface area contributed by atoms with E-state index < -0.39 is 57.5 Å². The number of nitrogens with zero attached hydrogens (tertiary/aromatic N) is 3. The number of amides is 3. The van der Waals surface area contributed by atoms with Crippen LogP contribution in [0, 0.1) is 10.8 Å². The smallest absolute Gasteiger partial charge is 0.317 e. The molecule has 236 valence electrons. The number of phenols is 1. The van der Waals surface area contributed by atoms with Gasteiger partial charge in [0, 0.05) is 30.8 Å². The number of phenolic OH excluding ortho intramolecular Hbond substituents is 1. The van der Waals surface area contributed by atoms with Crippen molar-refractivity contribution in [2.45, 2.75) is 49.9 Å². The average molecular weight is 612 g/mol. The number of urea groups is 1. The Bertz CT molecular complexity index is 1540. The van der Waals surface area contributed by atoms with Gasteiger partial charge in [-0.05, 0) is 61.1 Å². The van der Waals surface area contributed by atoms with Crippen LogP contribution in [0.2, 0.25) is 0 Å². The van der Waals surface area contributed by atoms with Crippen LogP contribution in [0.25, 0.3) is 0 Å². The van der Waals surface area contributed by atoms with Crippen LogP contribution >= 0.6 is 0 Å². The van der Waals surface area contributed by atoms with E-state index in [1.54, 1.807) is 17.9 Å². The molecule has 0 aromatic heterocycles.